The number of benzene rings is 2. The zero-order valence-corrected chi connectivity index (χ0v) is 16.3. The van der Waals surface area contributed by atoms with Crippen molar-refractivity contribution >= 4 is 29.4 Å². The van der Waals surface area contributed by atoms with Crippen LogP contribution in [0.1, 0.15) is 12.5 Å². The summed E-state index contributed by atoms with van der Waals surface area (Å²) in [4.78, 5) is 18.7. The second-order valence-corrected chi connectivity index (χ2v) is 6.91. The predicted octanol–water partition coefficient (Wildman–Crippen LogP) is 4.05. The van der Waals surface area contributed by atoms with E-state index >= 15 is 0 Å². The number of nitrogens with zero attached hydrogens (tertiary/aromatic N) is 4. The van der Waals surface area contributed by atoms with E-state index in [-0.39, 0.29) is 5.91 Å². The van der Waals surface area contributed by atoms with Crippen LogP contribution in [0, 0.1) is 0 Å². The van der Waals surface area contributed by atoms with Gasteiger partial charge in [-0.2, -0.15) is 4.98 Å². The van der Waals surface area contributed by atoms with E-state index in [1.165, 1.54) is 18.7 Å². The van der Waals surface area contributed by atoms with Gasteiger partial charge in [-0.05, 0) is 24.0 Å². The van der Waals surface area contributed by atoms with Gasteiger partial charge in [0.25, 0.3) is 0 Å². The van der Waals surface area contributed by atoms with Crippen molar-refractivity contribution < 1.29 is 9.53 Å². The molecule has 0 saturated heterocycles. The maximum atomic E-state index is 12.6. The highest BCUT2D eigenvalue weighted by Crippen LogP contribution is 2.39. The molecule has 4 rings (SSSR count). The fourth-order valence-electron chi connectivity index (χ4n) is 3.06. The van der Waals surface area contributed by atoms with Crippen molar-refractivity contribution in [3.63, 3.8) is 0 Å². The minimum absolute atomic E-state index is 0.138. The number of carbonyl (C=O) groups excluding carboxylic acids is 1. The van der Waals surface area contributed by atoms with Gasteiger partial charge in [0, 0.05) is 12.5 Å². The van der Waals surface area contributed by atoms with Crippen molar-refractivity contribution in [3.05, 3.63) is 66.2 Å². The zero-order chi connectivity index (χ0) is 19.5. The SMILES string of the molecule is CSc1nnc2c(n1)O[C@@H](/C=C/c1ccccc1)N(C(C)=O)c1ccccc1-2. The van der Waals surface area contributed by atoms with Crippen molar-refractivity contribution in [2.75, 3.05) is 11.2 Å². The first-order chi connectivity index (χ1) is 13.7. The van der Waals surface area contributed by atoms with Gasteiger partial charge in [-0.3, -0.25) is 9.69 Å². The number of hydrogen-bond acceptors (Lipinski definition) is 6. The molecule has 0 radical (unpaired) electrons. The lowest BCUT2D eigenvalue weighted by Crippen LogP contribution is -2.41. The molecule has 28 heavy (non-hydrogen) atoms. The summed E-state index contributed by atoms with van der Waals surface area (Å²) in [6, 6.07) is 17.4. The van der Waals surface area contributed by atoms with Gasteiger partial charge in [-0.1, -0.05) is 66.4 Å². The van der Waals surface area contributed by atoms with Crippen LogP contribution in [0.5, 0.6) is 5.88 Å². The van der Waals surface area contributed by atoms with Crippen molar-refractivity contribution in [1.29, 1.82) is 0 Å². The second-order valence-electron chi connectivity index (χ2n) is 6.14. The summed E-state index contributed by atoms with van der Waals surface area (Å²) in [5.41, 5.74) is 3.01. The molecule has 0 spiro atoms. The molecular weight excluding hydrogens is 372 g/mol. The fraction of sp³-hybridized carbons (Fsp3) is 0.143. The molecule has 1 aliphatic rings. The number of hydrogen-bond donors (Lipinski definition) is 0. The third kappa shape index (κ3) is 3.48. The zero-order valence-electron chi connectivity index (χ0n) is 15.4. The Kier molecular flexibility index (Phi) is 5.08. The Balaban J connectivity index is 1.86. The summed E-state index contributed by atoms with van der Waals surface area (Å²) in [6.07, 6.45) is 5.00. The van der Waals surface area contributed by atoms with Gasteiger partial charge in [0.15, 0.2) is 11.9 Å². The van der Waals surface area contributed by atoms with Crippen LogP contribution in [0.2, 0.25) is 0 Å². The summed E-state index contributed by atoms with van der Waals surface area (Å²) in [5, 5.41) is 8.97. The number of aromatic nitrogens is 3. The van der Waals surface area contributed by atoms with Gasteiger partial charge in [-0.25, -0.2) is 0 Å². The van der Waals surface area contributed by atoms with E-state index in [0.29, 0.717) is 22.4 Å². The molecule has 1 aliphatic heterocycles. The first-order valence-corrected chi connectivity index (χ1v) is 9.97. The van der Waals surface area contributed by atoms with Crippen molar-refractivity contribution in [2.45, 2.75) is 18.3 Å². The normalized spacial score (nSPS) is 15.5. The lowest BCUT2D eigenvalue weighted by Gasteiger charge is -2.27. The summed E-state index contributed by atoms with van der Waals surface area (Å²) in [5.74, 6) is 0.222. The fourth-order valence-corrected chi connectivity index (χ4v) is 3.35. The van der Waals surface area contributed by atoms with Crippen LogP contribution >= 0.6 is 11.8 Å². The summed E-state index contributed by atoms with van der Waals surface area (Å²) in [6.45, 7) is 1.52. The summed E-state index contributed by atoms with van der Waals surface area (Å²) in [7, 11) is 0. The number of amides is 1. The maximum Gasteiger partial charge on any atom is 0.247 e. The van der Waals surface area contributed by atoms with Crippen molar-refractivity contribution in [3.8, 4) is 17.1 Å². The Bertz CT molecular complexity index is 1040. The molecular formula is C21H18N4O2S. The number of anilines is 1. The van der Waals surface area contributed by atoms with Gasteiger partial charge in [0.2, 0.25) is 16.9 Å². The molecule has 1 atom stereocenters. The molecule has 0 aliphatic carbocycles. The van der Waals surface area contributed by atoms with Gasteiger partial charge in [0.1, 0.15) is 0 Å². The van der Waals surface area contributed by atoms with Crippen LogP contribution in [0.15, 0.2) is 65.8 Å². The molecule has 0 bridgehead atoms. The van der Waals surface area contributed by atoms with E-state index in [4.69, 9.17) is 4.74 Å². The van der Waals surface area contributed by atoms with E-state index in [9.17, 15) is 4.79 Å². The van der Waals surface area contributed by atoms with Crippen molar-refractivity contribution in [2.24, 2.45) is 0 Å². The molecule has 0 saturated carbocycles. The molecule has 1 amide bonds. The van der Waals surface area contributed by atoms with Gasteiger partial charge >= 0.3 is 0 Å². The van der Waals surface area contributed by atoms with Gasteiger partial charge in [0.05, 0.1) is 5.69 Å². The average Bonchev–Trinajstić information content (AvgIpc) is 2.86. The number of rotatable bonds is 3. The highest BCUT2D eigenvalue weighted by molar-refractivity contribution is 7.98. The van der Waals surface area contributed by atoms with Crippen LogP contribution in [-0.2, 0) is 4.79 Å². The maximum absolute atomic E-state index is 12.6. The lowest BCUT2D eigenvalue weighted by atomic mass is 10.1. The molecule has 7 heteroatoms. The molecule has 0 unspecified atom stereocenters. The van der Waals surface area contributed by atoms with E-state index in [1.54, 1.807) is 4.90 Å². The van der Waals surface area contributed by atoms with Crippen LogP contribution < -0.4 is 9.64 Å². The van der Waals surface area contributed by atoms with Crippen molar-refractivity contribution in [1.82, 2.24) is 15.2 Å². The molecule has 0 N–H and O–H groups in total. The lowest BCUT2D eigenvalue weighted by molar-refractivity contribution is -0.117. The van der Waals surface area contributed by atoms with Crippen LogP contribution in [-0.4, -0.2) is 33.6 Å². The Morgan fingerprint density at radius 1 is 1.11 bits per heavy atom. The number of para-hydroxylation sites is 1. The standard InChI is InChI=1S/C21H18N4O2S/c1-14(26)25-17-11-7-6-10-16(17)19-20(22-21(28-2)24-23-19)27-18(25)13-12-15-8-4-3-5-9-15/h3-13,18H,1-2H3/b13-12+/t18-/m0/s1. The van der Waals surface area contributed by atoms with Crippen LogP contribution in [0.4, 0.5) is 5.69 Å². The molecule has 2 aromatic carbocycles. The molecule has 2 heterocycles. The average molecular weight is 390 g/mol. The Hall–Kier alpha value is -3.19. The molecule has 1 aromatic heterocycles. The monoisotopic (exact) mass is 390 g/mol. The smallest absolute Gasteiger partial charge is 0.247 e. The van der Waals surface area contributed by atoms with E-state index in [0.717, 1.165) is 11.1 Å². The summed E-state index contributed by atoms with van der Waals surface area (Å²) >= 11 is 1.38. The van der Waals surface area contributed by atoms with Crippen LogP contribution in [0.25, 0.3) is 17.3 Å². The number of carbonyl (C=O) groups is 1. The number of thioether (sulfide) groups is 1. The quantitative estimate of drug-likeness (QED) is 0.629. The third-order valence-corrected chi connectivity index (χ3v) is 4.85. The first kappa shape index (κ1) is 18.2. The van der Waals surface area contributed by atoms with E-state index < -0.39 is 6.23 Å². The Morgan fingerprint density at radius 3 is 2.61 bits per heavy atom. The van der Waals surface area contributed by atoms with Crippen LogP contribution in [0.3, 0.4) is 0 Å². The highest BCUT2D eigenvalue weighted by Gasteiger charge is 2.31. The number of ether oxygens (including phenoxy) is 1. The highest BCUT2D eigenvalue weighted by atomic mass is 32.2. The van der Waals surface area contributed by atoms with E-state index in [1.807, 2.05) is 73.0 Å². The largest absolute Gasteiger partial charge is 0.448 e. The molecule has 6 nitrogen and oxygen atoms in total. The Labute approximate surface area is 167 Å². The minimum atomic E-state index is -0.661. The Morgan fingerprint density at radius 2 is 1.86 bits per heavy atom. The topological polar surface area (TPSA) is 68.2 Å². The molecule has 3 aromatic rings. The summed E-state index contributed by atoms with van der Waals surface area (Å²) < 4.78 is 6.17. The minimum Gasteiger partial charge on any atom is -0.448 e. The van der Waals surface area contributed by atoms with Gasteiger partial charge < -0.3 is 4.74 Å². The van der Waals surface area contributed by atoms with Gasteiger partial charge in [-0.15, -0.1) is 10.2 Å². The third-order valence-electron chi connectivity index (χ3n) is 4.32. The number of fused-ring (bicyclic) bond motifs is 3. The first-order valence-electron chi connectivity index (χ1n) is 8.75. The predicted molar refractivity (Wildman–Crippen MR) is 110 cm³/mol. The van der Waals surface area contributed by atoms with E-state index in [2.05, 4.69) is 15.2 Å². The molecule has 0 fully saturated rings. The molecule has 140 valence electrons. The second kappa shape index (κ2) is 7.82.